The first-order valence-corrected chi connectivity index (χ1v) is 11.1. The second kappa shape index (κ2) is 7.71. The quantitative estimate of drug-likeness (QED) is 0.517. The van der Waals surface area contributed by atoms with E-state index in [1.807, 2.05) is 53.4 Å². The van der Waals surface area contributed by atoms with Crippen LogP contribution < -0.4 is 10.1 Å². The SMILES string of the molecule is O=C(COc1ccccc1[C@@H]1Nc2ccccc2-c2nc3ccccc3n21)N1CCCC1. The topological polar surface area (TPSA) is 59.4 Å². The largest absolute Gasteiger partial charge is 0.483 e. The molecule has 6 nitrogen and oxygen atoms in total. The maximum Gasteiger partial charge on any atom is 0.260 e. The fourth-order valence-electron chi connectivity index (χ4n) is 4.76. The second-order valence-electron chi connectivity index (χ2n) is 8.30. The number of amides is 1. The van der Waals surface area contributed by atoms with Gasteiger partial charge in [-0.05, 0) is 43.2 Å². The zero-order valence-corrected chi connectivity index (χ0v) is 17.7. The molecule has 32 heavy (non-hydrogen) atoms. The Kier molecular flexibility index (Phi) is 4.56. The monoisotopic (exact) mass is 424 g/mol. The van der Waals surface area contributed by atoms with Crippen LogP contribution in [0.15, 0.2) is 72.8 Å². The molecule has 3 aromatic carbocycles. The maximum absolute atomic E-state index is 12.6. The summed E-state index contributed by atoms with van der Waals surface area (Å²) in [5.41, 5.74) is 5.08. The summed E-state index contributed by atoms with van der Waals surface area (Å²) in [6.45, 7) is 1.71. The van der Waals surface area contributed by atoms with E-state index >= 15 is 0 Å². The van der Waals surface area contributed by atoms with Crippen molar-refractivity contribution in [3.05, 3.63) is 78.4 Å². The van der Waals surface area contributed by atoms with Crippen LogP contribution in [0.5, 0.6) is 5.75 Å². The molecule has 1 amide bonds. The fraction of sp³-hybridized carbons (Fsp3) is 0.231. The minimum absolute atomic E-state index is 0.0491. The number of benzene rings is 3. The first-order chi connectivity index (χ1) is 15.8. The molecule has 2 aliphatic rings. The third-order valence-electron chi connectivity index (χ3n) is 6.34. The highest BCUT2D eigenvalue weighted by atomic mass is 16.5. The van der Waals surface area contributed by atoms with Crippen molar-refractivity contribution in [2.24, 2.45) is 0 Å². The highest BCUT2D eigenvalue weighted by molar-refractivity contribution is 5.87. The molecule has 0 bridgehead atoms. The molecule has 1 aromatic heterocycles. The number of carbonyl (C=O) groups excluding carboxylic acids is 1. The van der Waals surface area contributed by atoms with E-state index in [1.54, 1.807) is 0 Å². The van der Waals surface area contributed by atoms with Gasteiger partial charge < -0.3 is 15.0 Å². The lowest BCUT2D eigenvalue weighted by atomic mass is 10.0. The van der Waals surface area contributed by atoms with E-state index in [1.165, 1.54) is 0 Å². The Hall–Kier alpha value is -3.80. The minimum atomic E-state index is -0.203. The third kappa shape index (κ3) is 3.11. The van der Waals surface area contributed by atoms with Gasteiger partial charge in [0.15, 0.2) is 6.61 Å². The highest BCUT2D eigenvalue weighted by Gasteiger charge is 2.30. The van der Waals surface area contributed by atoms with Gasteiger partial charge in [-0.2, -0.15) is 0 Å². The van der Waals surface area contributed by atoms with Crippen LogP contribution in [0.1, 0.15) is 24.6 Å². The van der Waals surface area contributed by atoms with Crippen molar-refractivity contribution in [2.45, 2.75) is 19.0 Å². The predicted molar refractivity (Wildman–Crippen MR) is 125 cm³/mol. The molecule has 0 aliphatic carbocycles. The summed E-state index contributed by atoms with van der Waals surface area (Å²) in [5.74, 6) is 1.68. The molecule has 6 heteroatoms. The lowest BCUT2D eigenvalue weighted by Gasteiger charge is -2.31. The average Bonchev–Trinajstić information content (AvgIpc) is 3.51. The van der Waals surface area contributed by atoms with Crippen LogP contribution in [0.4, 0.5) is 5.69 Å². The summed E-state index contributed by atoms with van der Waals surface area (Å²) >= 11 is 0. The van der Waals surface area contributed by atoms with E-state index < -0.39 is 0 Å². The molecule has 0 radical (unpaired) electrons. The number of para-hydroxylation sites is 4. The normalized spacial score (nSPS) is 17.0. The first-order valence-electron chi connectivity index (χ1n) is 11.1. The summed E-state index contributed by atoms with van der Waals surface area (Å²) in [4.78, 5) is 19.4. The molecule has 160 valence electrons. The number of hydrogen-bond donors (Lipinski definition) is 1. The minimum Gasteiger partial charge on any atom is -0.483 e. The summed E-state index contributed by atoms with van der Waals surface area (Å²) in [6, 6.07) is 24.3. The van der Waals surface area contributed by atoms with E-state index in [-0.39, 0.29) is 18.7 Å². The summed E-state index contributed by atoms with van der Waals surface area (Å²) in [7, 11) is 0. The lowest BCUT2D eigenvalue weighted by molar-refractivity contribution is -0.132. The number of hydrogen-bond acceptors (Lipinski definition) is 4. The van der Waals surface area contributed by atoms with Gasteiger partial charge in [-0.15, -0.1) is 0 Å². The standard InChI is InChI=1S/C26H24N4O2/c31-24(29-15-7-8-16-29)17-32-23-14-6-2-10-19(23)26-27-20-11-3-1-9-18(20)25-28-21-12-4-5-13-22(21)30(25)26/h1-6,9-14,26-27H,7-8,15-17H2/t26-/m1/s1. The van der Waals surface area contributed by atoms with Crippen LogP contribution >= 0.6 is 0 Å². The van der Waals surface area contributed by atoms with Gasteiger partial charge in [0.05, 0.1) is 11.0 Å². The van der Waals surface area contributed by atoms with Crippen molar-refractivity contribution in [3.63, 3.8) is 0 Å². The molecule has 1 N–H and O–H groups in total. The number of nitrogens with zero attached hydrogens (tertiary/aromatic N) is 3. The summed E-state index contributed by atoms with van der Waals surface area (Å²) in [6.07, 6.45) is 1.94. The number of rotatable bonds is 4. The first kappa shape index (κ1) is 18.9. The Bertz CT molecular complexity index is 1310. The molecule has 1 saturated heterocycles. The van der Waals surface area contributed by atoms with Crippen molar-refractivity contribution < 1.29 is 9.53 Å². The number of carbonyl (C=O) groups is 1. The van der Waals surface area contributed by atoms with Crippen LogP contribution in [-0.2, 0) is 4.79 Å². The molecule has 2 aliphatic heterocycles. The molecule has 3 heterocycles. The number of fused-ring (bicyclic) bond motifs is 5. The number of nitrogens with one attached hydrogen (secondary N) is 1. The van der Waals surface area contributed by atoms with Crippen molar-refractivity contribution >= 4 is 22.6 Å². The van der Waals surface area contributed by atoms with Crippen LogP contribution in [0.3, 0.4) is 0 Å². The Balaban J connectivity index is 1.41. The smallest absolute Gasteiger partial charge is 0.260 e. The highest BCUT2D eigenvalue weighted by Crippen LogP contribution is 2.42. The van der Waals surface area contributed by atoms with Crippen molar-refractivity contribution in [1.82, 2.24) is 14.5 Å². The molecule has 0 spiro atoms. The van der Waals surface area contributed by atoms with Crippen molar-refractivity contribution in [1.29, 1.82) is 0 Å². The third-order valence-corrected chi connectivity index (χ3v) is 6.34. The number of aromatic nitrogens is 2. The van der Waals surface area contributed by atoms with E-state index in [0.29, 0.717) is 5.75 Å². The van der Waals surface area contributed by atoms with E-state index in [4.69, 9.17) is 9.72 Å². The van der Waals surface area contributed by atoms with Gasteiger partial charge in [-0.1, -0.05) is 42.5 Å². The van der Waals surface area contributed by atoms with Gasteiger partial charge in [0.25, 0.3) is 5.91 Å². The van der Waals surface area contributed by atoms with Gasteiger partial charge >= 0.3 is 0 Å². The van der Waals surface area contributed by atoms with E-state index in [2.05, 4.69) is 34.1 Å². The van der Waals surface area contributed by atoms with Crippen molar-refractivity contribution in [3.8, 4) is 17.1 Å². The molecule has 6 rings (SSSR count). The Morgan fingerprint density at radius 2 is 1.72 bits per heavy atom. The fourth-order valence-corrected chi connectivity index (χ4v) is 4.76. The Morgan fingerprint density at radius 3 is 2.62 bits per heavy atom. The lowest BCUT2D eigenvalue weighted by Crippen LogP contribution is -2.32. The van der Waals surface area contributed by atoms with Gasteiger partial charge in [0.2, 0.25) is 0 Å². The molecular weight excluding hydrogens is 400 g/mol. The van der Waals surface area contributed by atoms with Crippen LogP contribution in [-0.4, -0.2) is 40.1 Å². The summed E-state index contributed by atoms with van der Waals surface area (Å²) in [5, 5.41) is 3.68. The number of ether oxygens (including phenoxy) is 1. The zero-order chi connectivity index (χ0) is 21.5. The number of likely N-dealkylation sites (tertiary alicyclic amines) is 1. The van der Waals surface area contributed by atoms with Crippen LogP contribution in [0.25, 0.3) is 22.4 Å². The molecule has 1 fully saturated rings. The van der Waals surface area contributed by atoms with Gasteiger partial charge in [-0.25, -0.2) is 4.98 Å². The van der Waals surface area contributed by atoms with E-state index in [9.17, 15) is 4.79 Å². The van der Waals surface area contributed by atoms with Crippen LogP contribution in [0, 0.1) is 0 Å². The van der Waals surface area contributed by atoms with Crippen molar-refractivity contribution in [2.75, 3.05) is 25.0 Å². The number of anilines is 1. The summed E-state index contributed by atoms with van der Waals surface area (Å²) < 4.78 is 8.32. The molecule has 0 unspecified atom stereocenters. The van der Waals surface area contributed by atoms with Crippen LogP contribution in [0.2, 0.25) is 0 Å². The molecular formula is C26H24N4O2. The predicted octanol–water partition coefficient (Wildman–Crippen LogP) is 4.68. The molecule has 0 saturated carbocycles. The molecule has 4 aromatic rings. The van der Waals surface area contributed by atoms with Gasteiger partial charge in [0, 0.05) is 29.9 Å². The maximum atomic E-state index is 12.6. The number of imidazole rings is 1. The van der Waals surface area contributed by atoms with E-state index in [0.717, 1.165) is 59.6 Å². The average molecular weight is 425 g/mol. The zero-order valence-electron chi connectivity index (χ0n) is 17.7. The molecule has 1 atom stereocenters. The van der Waals surface area contributed by atoms with Gasteiger partial charge in [0.1, 0.15) is 17.7 Å². The Labute approximate surface area is 186 Å². The van der Waals surface area contributed by atoms with Gasteiger partial charge in [-0.3, -0.25) is 9.36 Å². The Morgan fingerprint density at radius 1 is 0.969 bits per heavy atom. The second-order valence-corrected chi connectivity index (χ2v) is 8.30.